The van der Waals surface area contributed by atoms with Crippen LogP contribution in [0.1, 0.15) is 0 Å². The van der Waals surface area contributed by atoms with Gasteiger partial charge in [0, 0.05) is 5.39 Å². The van der Waals surface area contributed by atoms with Crippen LogP contribution in [0.5, 0.6) is 0 Å². The highest BCUT2D eigenvalue weighted by Gasteiger charge is 1.90. The van der Waals surface area contributed by atoms with Gasteiger partial charge in [-0.25, -0.2) is 0 Å². The van der Waals surface area contributed by atoms with E-state index in [1.165, 1.54) is 10.8 Å². The Balaban J connectivity index is 3.03. The molecule has 0 N–H and O–H groups in total. The lowest BCUT2D eigenvalue weighted by atomic mass is 10.2. The first-order valence-electron chi connectivity index (χ1n) is 3.34. The van der Waals surface area contributed by atoms with Crippen LogP contribution in [-0.4, -0.2) is 0 Å². The van der Waals surface area contributed by atoms with Crippen molar-refractivity contribution in [1.82, 2.24) is 0 Å². The van der Waals surface area contributed by atoms with Gasteiger partial charge in [0.1, 0.15) is 0 Å². The van der Waals surface area contributed by atoms with Gasteiger partial charge in [-0.1, -0.05) is 36.5 Å². The molecule has 2 aromatic rings. The maximum Gasteiger partial charge on any atom is 0.0977 e. The number of hydrogen-bond donors (Lipinski definition) is 0. The Bertz CT molecular complexity index is 423. The molecule has 0 aliphatic heterocycles. The van der Waals surface area contributed by atoms with Crippen LogP contribution in [0.4, 0.5) is 0 Å². The lowest BCUT2D eigenvalue weighted by Crippen LogP contribution is -1.67. The molecule has 0 bridgehead atoms. The van der Waals surface area contributed by atoms with E-state index in [2.05, 4.69) is 18.2 Å². The van der Waals surface area contributed by atoms with E-state index in [0.717, 1.165) is 3.82 Å². The summed E-state index contributed by atoms with van der Waals surface area (Å²) < 4.78 is 0.975. The Morgan fingerprint density at radius 1 is 1.09 bits per heavy atom. The average molecular weight is 178 g/mol. The second-order valence-electron chi connectivity index (χ2n) is 2.30. The fourth-order valence-electron chi connectivity index (χ4n) is 1.06. The topological polar surface area (TPSA) is 0 Å². The molecule has 2 rings (SSSR count). The van der Waals surface area contributed by atoms with Crippen LogP contribution in [0.2, 0.25) is 0 Å². The molecule has 11 heavy (non-hydrogen) atoms. The third-order valence-corrected chi connectivity index (χ3v) is 2.82. The Kier molecular flexibility index (Phi) is 1.72. The van der Waals surface area contributed by atoms with Crippen molar-refractivity contribution < 1.29 is 0 Å². The van der Waals surface area contributed by atoms with E-state index in [1.54, 1.807) is 11.3 Å². The van der Waals surface area contributed by atoms with Crippen molar-refractivity contribution in [2.24, 2.45) is 0 Å². The molecule has 0 spiro atoms. The molecule has 0 saturated heterocycles. The normalized spacial score (nSPS) is 10.2. The van der Waals surface area contributed by atoms with E-state index in [0.29, 0.717) is 0 Å². The monoisotopic (exact) mass is 178 g/mol. The highest BCUT2D eigenvalue weighted by molar-refractivity contribution is 7.73. The van der Waals surface area contributed by atoms with E-state index >= 15 is 0 Å². The van der Waals surface area contributed by atoms with E-state index in [4.69, 9.17) is 12.2 Å². The fraction of sp³-hybridized carbons (Fsp3) is 0. The van der Waals surface area contributed by atoms with Crippen LogP contribution < -0.4 is 0 Å². The third-order valence-electron chi connectivity index (χ3n) is 1.60. The molecule has 0 nitrogen and oxygen atoms in total. The van der Waals surface area contributed by atoms with Crippen molar-refractivity contribution in [2.45, 2.75) is 0 Å². The maximum atomic E-state index is 5.17. The zero-order valence-corrected chi connectivity index (χ0v) is 7.41. The first kappa shape index (κ1) is 6.95. The maximum absolute atomic E-state index is 5.17. The Morgan fingerprint density at radius 2 is 1.91 bits per heavy atom. The fourth-order valence-corrected chi connectivity index (χ4v) is 2.06. The van der Waals surface area contributed by atoms with Crippen molar-refractivity contribution >= 4 is 34.3 Å². The van der Waals surface area contributed by atoms with Gasteiger partial charge in [0.2, 0.25) is 0 Å². The third kappa shape index (κ3) is 1.19. The smallest absolute Gasteiger partial charge is 0.0977 e. The molecule has 2 heteroatoms. The molecule has 1 aromatic carbocycles. The number of benzene rings is 1. The van der Waals surface area contributed by atoms with Crippen LogP contribution in [0.3, 0.4) is 0 Å². The second kappa shape index (κ2) is 2.72. The summed E-state index contributed by atoms with van der Waals surface area (Å²) in [7, 11) is 0. The summed E-state index contributed by atoms with van der Waals surface area (Å²) in [5, 5.41) is 4.45. The minimum Gasteiger partial charge on any atom is -0.132 e. The molecule has 54 valence electrons. The van der Waals surface area contributed by atoms with Crippen molar-refractivity contribution in [2.75, 3.05) is 0 Å². The molecular weight excluding hydrogens is 172 g/mol. The van der Waals surface area contributed by atoms with Gasteiger partial charge < -0.3 is 0 Å². The first-order chi connectivity index (χ1) is 5.38. The molecule has 0 aliphatic rings. The van der Waals surface area contributed by atoms with Crippen LogP contribution in [0.15, 0.2) is 35.7 Å². The zero-order valence-electron chi connectivity index (χ0n) is 5.78. The summed E-state index contributed by atoms with van der Waals surface area (Å²) in [5.74, 6) is 0. The van der Waals surface area contributed by atoms with Crippen LogP contribution in [-0.2, 0) is 0 Å². The average Bonchev–Trinajstić information content (AvgIpc) is 2.06. The molecule has 0 amide bonds. The van der Waals surface area contributed by atoms with Gasteiger partial charge >= 0.3 is 0 Å². The first-order valence-corrected chi connectivity index (χ1v) is 4.63. The standard InChI is InChI=1S/C9H6S2/c10-9-8-4-2-1-3-7(8)5-6-11-9/h1-6H. The molecule has 0 radical (unpaired) electrons. The quantitative estimate of drug-likeness (QED) is 0.555. The van der Waals surface area contributed by atoms with Crippen molar-refractivity contribution in [1.29, 1.82) is 0 Å². The highest BCUT2D eigenvalue weighted by Crippen LogP contribution is 2.17. The van der Waals surface area contributed by atoms with Crippen LogP contribution in [0, 0.1) is 3.82 Å². The molecule has 1 aromatic heterocycles. The summed E-state index contributed by atoms with van der Waals surface area (Å²) in [5.41, 5.74) is 0. The lowest BCUT2D eigenvalue weighted by Gasteiger charge is -1.93. The van der Waals surface area contributed by atoms with Crippen molar-refractivity contribution in [3.63, 3.8) is 0 Å². The molecule has 1 heterocycles. The SMILES string of the molecule is S=c1sccc2ccccc12. The summed E-state index contributed by atoms with van der Waals surface area (Å²) in [6, 6.07) is 10.3. The predicted molar refractivity (Wildman–Crippen MR) is 52.7 cm³/mol. The van der Waals surface area contributed by atoms with E-state index in [1.807, 2.05) is 17.5 Å². The summed E-state index contributed by atoms with van der Waals surface area (Å²) in [4.78, 5) is 0. The molecule has 0 fully saturated rings. The second-order valence-corrected chi connectivity index (χ2v) is 3.88. The van der Waals surface area contributed by atoms with Gasteiger partial charge in [-0.15, -0.1) is 11.3 Å². The van der Waals surface area contributed by atoms with E-state index in [-0.39, 0.29) is 0 Å². The summed E-state index contributed by atoms with van der Waals surface area (Å²) in [6.45, 7) is 0. The molecule has 0 saturated carbocycles. The zero-order chi connectivity index (χ0) is 7.68. The Morgan fingerprint density at radius 3 is 2.73 bits per heavy atom. The Hall–Kier alpha value is -0.730. The summed E-state index contributed by atoms with van der Waals surface area (Å²) in [6.07, 6.45) is 0. The number of fused-ring (bicyclic) bond motifs is 1. The molecule has 0 atom stereocenters. The van der Waals surface area contributed by atoms with Gasteiger partial charge in [0.25, 0.3) is 0 Å². The molecular formula is C9H6S2. The number of hydrogen-bond acceptors (Lipinski definition) is 2. The van der Waals surface area contributed by atoms with Crippen LogP contribution in [0.25, 0.3) is 10.8 Å². The van der Waals surface area contributed by atoms with Gasteiger partial charge in [-0.2, -0.15) is 0 Å². The Labute approximate surface area is 74.1 Å². The van der Waals surface area contributed by atoms with Crippen LogP contribution >= 0.6 is 23.6 Å². The predicted octanol–water partition coefficient (Wildman–Crippen LogP) is 3.63. The highest BCUT2D eigenvalue weighted by atomic mass is 32.1. The minimum atomic E-state index is 0.975. The number of rotatable bonds is 0. The largest absolute Gasteiger partial charge is 0.132 e. The van der Waals surface area contributed by atoms with E-state index in [9.17, 15) is 0 Å². The minimum absolute atomic E-state index is 0.975. The lowest BCUT2D eigenvalue weighted by molar-refractivity contribution is 1.81. The van der Waals surface area contributed by atoms with Gasteiger partial charge in [0.05, 0.1) is 3.82 Å². The van der Waals surface area contributed by atoms with Gasteiger partial charge in [-0.3, -0.25) is 0 Å². The summed E-state index contributed by atoms with van der Waals surface area (Å²) >= 11 is 6.78. The van der Waals surface area contributed by atoms with Crippen molar-refractivity contribution in [3.8, 4) is 0 Å². The molecule has 0 aliphatic carbocycles. The van der Waals surface area contributed by atoms with E-state index < -0.39 is 0 Å². The van der Waals surface area contributed by atoms with Gasteiger partial charge in [0.15, 0.2) is 0 Å². The molecule has 0 unspecified atom stereocenters. The van der Waals surface area contributed by atoms with Crippen molar-refractivity contribution in [3.05, 3.63) is 39.5 Å². The van der Waals surface area contributed by atoms with Gasteiger partial charge in [-0.05, 0) is 16.8 Å².